The minimum Gasteiger partial charge on any atom is -0.489 e. The second-order valence-corrected chi connectivity index (χ2v) is 5.55. The number of hydrazine groups is 1. The van der Waals surface area contributed by atoms with Gasteiger partial charge in [0.15, 0.2) is 0 Å². The highest BCUT2D eigenvalue weighted by Gasteiger charge is 2.02. The van der Waals surface area contributed by atoms with Crippen LogP contribution in [0.25, 0.3) is 0 Å². The van der Waals surface area contributed by atoms with Gasteiger partial charge in [0.2, 0.25) is 0 Å². The van der Waals surface area contributed by atoms with Gasteiger partial charge in [0, 0.05) is 17.8 Å². The smallest absolute Gasteiger partial charge is 0.119 e. The van der Waals surface area contributed by atoms with Gasteiger partial charge in [-0.2, -0.15) is 5.26 Å². The maximum atomic E-state index is 9.10. The Balaban J connectivity index is 1.49. The van der Waals surface area contributed by atoms with E-state index in [2.05, 4.69) is 16.9 Å². The Bertz CT molecular complexity index is 839. The van der Waals surface area contributed by atoms with Crippen LogP contribution in [-0.4, -0.2) is 0 Å². The molecule has 0 aromatic heterocycles. The summed E-state index contributed by atoms with van der Waals surface area (Å²) in [5.74, 6) is 0.785. The van der Waals surface area contributed by atoms with Crippen molar-refractivity contribution in [1.82, 2.24) is 5.43 Å². The molecule has 124 valence electrons. The fourth-order valence-electron chi connectivity index (χ4n) is 2.39. The second kappa shape index (κ2) is 8.53. The van der Waals surface area contributed by atoms with Gasteiger partial charge in [-0.1, -0.05) is 48.5 Å². The Morgan fingerprint density at radius 2 is 1.56 bits per heavy atom. The number of ether oxygens (including phenoxy) is 1. The molecule has 0 aliphatic rings. The lowest BCUT2D eigenvalue weighted by atomic mass is 10.1. The van der Waals surface area contributed by atoms with Crippen molar-refractivity contribution in [3.05, 3.63) is 95.6 Å². The number of para-hydroxylation sites is 1. The number of anilines is 1. The van der Waals surface area contributed by atoms with Crippen LogP contribution in [0.15, 0.2) is 78.9 Å². The van der Waals surface area contributed by atoms with Crippen LogP contribution in [-0.2, 0) is 13.2 Å². The topological polar surface area (TPSA) is 57.1 Å². The molecule has 0 radical (unpaired) electrons. The van der Waals surface area contributed by atoms with E-state index in [1.165, 1.54) is 0 Å². The molecular weight excluding hydrogens is 310 g/mol. The first-order valence-electron chi connectivity index (χ1n) is 8.09. The van der Waals surface area contributed by atoms with Crippen LogP contribution in [0.5, 0.6) is 5.75 Å². The number of nitriles is 1. The summed E-state index contributed by atoms with van der Waals surface area (Å²) >= 11 is 0. The van der Waals surface area contributed by atoms with E-state index in [9.17, 15) is 0 Å². The first-order valence-corrected chi connectivity index (χ1v) is 8.09. The molecule has 0 fully saturated rings. The largest absolute Gasteiger partial charge is 0.489 e. The van der Waals surface area contributed by atoms with E-state index in [4.69, 9.17) is 10.00 Å². The molecule has 0 heterocycles. The van der Waals surface area contributed by atoms with Gasteiger partial charge in [0.1, 0.15) is 12.4 Å². The van der Waals surface area contributed by atoms with Crippen LogP contribution < -0.4 is 15.6 Å². The number of hydrogen-bond donors (Lipinski definition) is 2. The summed E-state index contributed by atoms with van der Waals surface area (Å²) in [6, 6.07) is 27.5. The Hall–Kier alpha value is -3.29. The molecule has 3 aromatic carbocycles. The first-order chi connectivity index (χ1) is 12.3. The minimum atomic E-state index is 0.386. The zero-order valence-electron chi connectivity index (χ0n) is 13.8. The highest BCUT2D eigenvalue weighted by Crippen LogP contribution is 2.16. The first kappa shape index (κ1) is 16.6. The van der Waals surface area contributed by atoms with Gasteiger partial charge in [0.25, 0.3) is 0 Å². The van der Waals surface area contributed by atoms with Crippen molar-refractivity contribution in [2.45, 2.75) is 13.2 Å². The molecule has 2 N–H and O–H groups in total. The minimum absolute atomic E-state index is 0.386. The lowest BCUT2D eigenvalue weighted by molar-refractivity contribution is 0.306. The molecule has 3 aromatic rings. The third-order valence-corrected chi connectivity index (χ3v) is 3.75. The summed E-state index contributed by atoms with van der Waals surface area (Å²) in [6.45, 7) is 1.09. The van der Waals surface area contributed by atoms with E-state index in [-0.39, 0.29) is 0 Å². The molecule has 0 aliphatic carbocycles. The summed E-state index contributed by atoms with van der Waals surface area (Å²) in [7, 11) is 0. The Labute approximate surface area is 147 Å². The van der Waals surface area contributed by atoms with E-state index in [1.54, 1.807) is 6.07 Å². The van der Waals surface area contributed by atoms with Crippen molar-refractivity contribution in [2.75, 3.05) is 5.43 Å². The van der Waals surface area contributed by atoms with E-state index in [1.807, 2.05) is 72.8 Å². The molecule has 0 aliphatic heterocycles. The van der Waals surface area contributed by atoms with E-state index in [0.717, 1.165) is 22.6 Å². The molecule has 0 saturated heterocycles. The molecule has 3 rings (SSSR count). The lowest BCUT2D eigenvalue weighted by Crippen LogP contribution is -2.20. The maximum Gasteiger partial charge on any atom is 0.119 e. The van der Waals surface area contributed by atoms with Crippen molar-refractivity contribution in [3.8, 4) is 11.8 Å². The van der Waals surface area contributed by atoms with Crippen LogP contribution in [0.3, 0.4) is 0 Å². The quantitative estimate of drug-likeness (QED) is 0.636. The molecule has 25 heavy (non-hydrogen) atoms. The fraction of sp³-hybridized carbons (Fsp3) is 0.0952. The second-order valence-electron chi connectivity index (χ2n) is 5.55. The molecule has 0 saturated carbocycles. The third kappa shape index (κ3) is 4.84. The van der Waals surface area contributed by atoms with Gasteiger partial charge in [-0.05, 0) is 35.9 Å². The standard InChI is InChI=1S/C21H19N3O/c22-14-18-6-4-5-7-19(18)16-25-21-12-10-17(11-13-21)15-23-24-20-8-2-1-3-9-20/h1-13,23-24H,15-16H2. The van der Waals surface area contributed by atoms with Crippen LogP contribution in [0.2, 0.25) is 0 Å². The SMILES string of the molecule is N#Cc1ccccc1COc1ccc(CNNc2ccccc2)cc1. The third-order valence-electron chi connectivity index (χ3n) is 3.75. The highest BCUT2D eigenvalue weighted by molar-refractivity contribution is 5.41. The summed E-state index contributed by atoms with van der Waals surface area (Å²) in [5.41, 5.74) is 10.1. The van der Waals surface area contributed by atoms with Crippen LogP contribution >= 0.6 is 0 Å². The highest BCUT2D eigenvalue weighted by atomic mass is 16.5. The molecule has 4 nitrogen and oxygen atoms in total. The molecule has 0 unspecified atom stereocenters. The zero-order chi connectivity index (χ0) is 17.3. The lowest BCUT2D eigenvalue weighted by Gasteiger charge is -2.10. The van der Waals surface area contributed by atoms with E-state index in [0.29, 0.717) is 18.7 Å². The van der Waals surface area contributed by atoms with Crippen molar-refractivity contribution >= 4 is 5.69 Å². The maximum absolute atomic E-state index is 9.10. The summed E-state index contributed by atoms with van der Waals surface area (Å²) in [4.78, 5) is 0. The van der Waals surface area contributed by atoms with E-state index >= 15 is 0 Å². The summed E-state index contributed by atoms with van der Waals surface area (Å²) in [5, 5.41) is 9.10. The summed E-state index contributed by atoms with van der Waals surface area (Å²) < 4.78 is 5.78. The number of hydrogen-bond acceptors (Lipinski definition) is 4. The van der Waals surface area contributed by atoms with Gasteiger partial charge < -0.3 is 10.2 Å². The number of benzene rings is 3. The molecule has 0 amide bonds. The zero-order valence-corrected chi connectivity index (χ0v) is 13.8. The predicted octanol–water partition coefficient (Wildman–Crippen LogP) is 4.25. The Kier molecular flexibility index (Phi) is 5.65. The van der Waals surface area contributed by atoms with Crippen molar-refractivity contribution in [1.29, 1.82) is 5.26 Å². The van der Waals surface area contributed by atoms with Gasteiger partial charge in [-0.25, -0.2) is 5.43 Å². The average molecular weight is 329 g/mol. The molecule has 0 atom stereocenters. The van der Waals surface area contributed by atoms with Gasteiger partial charge in [-0.15, -0.1) is 0 Å². The normalized spacial score (nSPS) is 10.0. The van der Waals surface area contributed by atoms with Crippen LogP contribution in [0.4, 0.5) is 5.69 Å². The Morgan fingerprint density at radius 3 is 2.32 bits per heavy atom. The van der Waals surface area contributed by atoms with Gasteiger partial charge in [0.05, 0.1) is 11.6 Å². The average Bonchev–Trinajstić information content (AvgIpc) is 2.68. The molecule has 0 bridgehead atoms. The number of rotatable bonds is 7. The van der Waals surface area contributed by atoms with Crippen molar-refractivity contribution in [3.63, 3.8) is 0 Å². The molecule has 4 heteroatoms. The molecular formula is C21H19N3O. The Morgan fingerprint density at radius 1 is 0.840 bits per heavy atom. The summed E-state index contributed by atoms with van der Waals surface area (Å²) in [6.07, 6.45) is 0. The van der Waals surface area contributed by atoms with Crippen LogP contribution in [0.1, 0.15) is 16.7 Å². The number of nitrogens with one attached hydrogen (secondary N) is 2. The van der Waals surface area contributed by atoms with E-state index < -0.39 is 0 Å². The number of nitrogens with zero attached hydrogens (tertiary/aromatic N) is 1. The monoisotopic (exact) mass is 329 g/mol. The fourth-order valence-corrected chi connectivity index (χ4v) is 2.39. The van der Waals surface area contributed by atoms with Crippen molar-refractivity contribution < 1.29 is 4.74 Å². The molecule has 0 spiro atoms. The predicted molar refractivity (Wildman–Crippen MR) is 98.8 cm³/mol. The van der Waals surface area contributed by atoms with Crippen molar-refractivity contribution in [2.24, 2.45) is 0 Å². The van der Waals surface area contributed by atoms with Crippen LogP contribution in [0, 0.1) is 11.3 Å². The van der Waals surface area contributed by atoms with Gasteiger partial charge >= 0.3 is 0 Å². The van der Waals surface area contributed by atoms with Gasteiger partial charge in [-0.3, -0.25) is 0 Å².